The van der Waals surface area contributed by atoms with E-state index < -0.39 is 6.04 Å². The van der Waals surface area contributed by atoms with Crippen LogP contribution in [0, 0.1) is 6.92 Å². The third kappa shape index (κ3) is 7.72. The van der Waals surface area contributed by atoms with Crippen molar-refractivity contribution < 1.29 is 9.59 Å². The molecule has 1 N–H and O–H groups in total. The first kappa shape index (κ1) is 26.0. The zero-order valence-corrected chi connectivity index (χ0v) is 21.9. The second-order valence-corrected chi connectivity index (χ2v) is 10.7. The van der Waals surface area contributed by atoms with Crippen molar-refractivity contribution in [1.82, 2.24) is 10.2 Å². The number of nitrogens with zero attached hydrogens (tertiary/aromatic N) is 1. The van der Waals surface area contributed by atoms with Crippen LogP contribution in [0.5, 0.6) is 0 Å². The van der Waals surface area contributed by atoms with Gasteiger partial charge in [-0.25, -0.2) is 0 Å². The fourth-order valence-corrected chi connectivity index (χ4v) is 5.66. The third-order valence-electron chi connectivity index (χ3n) is 6.76. The molecule has 0 spiro atoms. The standard InChI is InChI=1S/C31H36N2O2S/c1-24-12-11-15-26(20-24)22-33(30(34)23-36-28-18-9-4-10-19-28)29(21-25-13-5-2-6-14-25)31(35)32-27-16-7-3-8-17-27/h2,4-6,9-15,18-20,27,29H,3,7-8,16-17,21-23H2,1H3,(H,32,35). The van der Waals surface area contributed by atoms with Gasteiger partial charge < -0.3 is 10.2 Å². The van der Waals surface area contributed by atoms with Gasteiger partial charge in [0.1, 0.15) is 6.04 Å². The van der Waals surface area contributed by atoms with Crippen molar-refractivity contribution in [2.24, 2.45) is 0 Å². The van der Waals surface area contributed by atoms with Crippen LogP contribution >= 0.6 is 11.8 Å². The maximum atomic E-state index is 13.8. The van der Waals surface area contributed by atoms with Crippen LogP contribution in [-0.4, -0.2) is 34.6 Å². The molecule has 3 aromatic carbocycles. The zero-order chi connectivity index (χ0) is 25.2. The summed E-state index contributed by atoms with van der Waals surface area (Å²) in [4.78, 5) is 30.4. The van der Waals surface area contributed by atoms with Gasteiger partial charge in [-0.05, 0) is 43.0 Å². The number of aryl methyl sites for hydroxylation is 1. The molecular weight excluding hydrogens is 464 g/mol. The van der Waals surface area contributed by atoms with Crippen LogP contribution in [0.3, 0.4) is 0 Å². The van der Waals surface area contributed by atoms with Gasteiger partial charge in [-0.1, -0.05) is 97.6 Å². The number of hydrogen-bond donors (Lipinski definition) is 1. The molecule has 1 atom stereocenters. The van der Waals surface area contributed by atoms with Gasteiger partial charge in [-0.15, -0.1) is 11.8 Å². The van der Waals surface area contributed by atoms with Crippen LogP contribution in [0.2, 0.25) is 0 Å². The van der Waals surface area contributed by atoms with Gasteiger partial charge in [0.25, 0.3) is 0 Å². The molecule has 1 aliphatic carbocycles. The Hall–Kier alpha value is -3.05. The number of nitrogens with one attached hydrogen (secondary N) is 1. The van der Waals surface area contributed by atoms with Crippen LogP contribution in [0.25, 0.3) is 0 Å². The van der Waals surface area contributed by atoms with Crippen molar-refractivity contribution >= 4 is 23.6 Å². The monoisotopic (exact) mass is 500 g/mol. The average molecular weight is 501 g/mol. The lowest BCUT2D eigenvalue weighted by Crippen LogP contribution is -2.53. The molecule has 188 valence electrons. The predicted octanol–water partition coefficient (Wildman–Crippen LogP) is 6.18. The van der Waals surface area contributed by atoms with E-state index in [0.29, 0.717) is 13.0 Å². The van der Waals surface area contributed by atoms with E-state index in [0.717, 1.165) is 47.3 Å². The molecule has 1 aliphatic rings. The highest BCUT2D eigenvalue weighted by atomic mass is 32.2. The van der Waals surface area contributed by atoms with Crippen molar-refractivity contribution in [2.75, 3.05) is 5.75 Å². The smallest absolute Gasteiger partial charge is 0.243 e. The Labute approximate surface area is 219 Å². The van der Waals surface area contributed by atoms with Gasteiger partial charge in [0.2, 0.25) is 11.8 Å². The van der Waals surface area contributed by atoms with E-state index in [2.05, 4.69) is 24.4 Å². The minimum Gasteiger partial charge on any atom is -0.352 e. The van der Waals surface area contributed by atoms with Crippen LogP contribution in [-0.2, 0) is 22.6 Å². The number of benzene rings is 3. The third-order valence-corrected chi connectivity index (χ3v) is 7.76. The highest BCUT2D eigenvalue weighted by Gasteiger charge is 2.31. The number of carbonyl (C=O) groups excluding carboxylic acids is 2. The second kappa shape index (κ2) is 13.3. The SMILES string of the molecule is Cc1cccc(CN(C(=O)CSc2ccccc2)C(Cc2ccccc2)C(=O)NC2CCCCC2)c1. The van der Waals surface area contributed by atoms with Gasteiger partial charge in [-0.3, -0.25) is 9.59 Å². The molecule has 0 bridgehead atoms. The zero-order valence-electron chi connectivity index (χ0n) is 21.1. The van der Waals surface area contributed by atoms with E-state index in [1.807, 2.05) is 72.8 Å². The summed E-state index contributed by atoms with van der Waals surface area (Å²) in [5.74, 6) is 0.222. The largest absolute Gasteiger partial charge is 0.352 e. The number of thioether (sulfide) groups is 1. The topological polar surface area (TPSA) is 49.4 Å². The Morgan fingerprint density at radius 2 is 1.56 bits per heavy atom. The molecule has 3 aromatic rings. The summed E-state index contributed by atoms with van der Waals surface area (Å²) >= 11 is 1.52. The van der Waals surface area contributed by atoms with Crippen molar-refractivity contribution in [3.63, 3.8) is 0 Å². The maximum absolute atomic E-state index is 13.8. The Morgan fingerprint density at radius 1 is 0.889 bits per heavy atom. The van der Waals surface area contributed by atoms with E-state index in [4.69, 9.17) is 0 Å². The Bertz CT molecular complexity index is 1110. The molecule has 5 heteroatoms. The lowest BCUT2D eigenvalue weighted by Gasteiger charge is -2.33. The molecule has 2 amide bonds. The Kier molecular flexibility index (Phi) is 9.62. The molecule has 0 saturated heterocycles. The Morgan fingerprint density at radius 3 is 2.25 bits per heavy atom. The van der Waals surface area contributed by atoms with Crippen molar-refractivity contribution in [3.05, 3.63) is 102 Å². The first-order valence-electron chi connectivity index (χ1n) is 13.0. The summed E-state index contributed by atoms with van der Waals surface area (Å²) in [7, 11) is 0. The van der Waals surface area contributed by atoms with E-state index in [-0.39, 0.29) is 23.6 Å². The summed E-state index contributed by atoms with van der Waals surface area (Å²) in [6.45, 7) is 2.46. The summed E-state index contributed by atoms with van der Waals surface area (Å²) in [5.41, 5.74) is 3.24. The van der Waals surface area contributed by atoms with Crippen molar-refractivity contribution in [2.45, 2.75) is 69.0 Å². The second-order valence-electron chi connectivity index (χ2n) is 9.66. The lowest BCUT2D eigenvalue weighted by molar-refractivity contribution is -0.139. The summed E-state index contributed by atoms with van der Waals surface area (Å²) in [6.07, 6.45) is 6.04. The highest BCUT2D eigenvalue weighted by molar-refractivity contribution is 8.00. The minimum atomic E-state index is -0.571. The van der Waals surface area contributed by atoms with Gasteiger partial charge in [0.15, 0.2) is 0 Å². The Balaban J connectivity index is 1.60. The molecule has 4 nitrogen and oxygen atoms in total. The molecule has 1 fully saturated rings. The van der Waals surface area contributed by atoms with E-state index in [9.17, 15) is 9.59 Å². The number of carbonyl (C=O) groups is 2. The molecule has 0 heterocycles. The molecule has 0 aliphatic heterocycles. The lowest BCUT2D eigenvalue weighted by atomic mass is 9.94. The number of amides is 2. The molecule has 1 saturated carbocycles. The van der Waals surface area contributed by atoms with Crippen LogP contribution in [0.1, 0.15) is 48.8 Å². The molecule has 0 radical (unpaired) electrons. The van der Waals surface area contributed by atoms with Gasteiger partial charge in [0, 0.05) is 23.9 Å². The number of rotatable bonds is 10. The minimum absolute atomic E-state index is 0.0231. The van der Waals surface area contributed by atoms with Crippen LogP contribution < -0.4 is 5.32 Å². The first-order valence-corrected chi connectivity index (χ1v) is 13.9. The van der Waals surface area contributed by atoms with Gasteiger partial charge in [-0.2, -0.15) is 0 Å². The summed E-state index contributed by atoms with van der Waals surface area (Å²) < 4.78 is 0. The van der Waals surface area contributed by atoms with E-state index in [1.165, 1.54) is 18.2 Å². The van der Waals surface area contributed by atoms with Crippen molar-refractivity contribution in [1.29, 1.82) is 0 Å². The highest BCUT2D eigenvalue weighted by Crippen LogP contribution is 2.22. The van der Waals surface area contributed by atoms with Crippen LogP contribution in [0.4, 0.5) is 0 Å². The van der Waals surface area contributed by atoms with Crippen LogP contribution in [0.15, 0.2) is 89.8 Å². The first-order chi connectivity index (χ1) is 17.6. The van der Waals surface area contributed by atoms with E-state index in [1.54, 1.807) is 4.90 Å². The maximum Gasteiger partial charge on any atom is 0.243 e. The fourth-order valence-electron chi connectivity index (χ4n) is 4.85. The quantitative estimate of drug-likeness (QED) is 0.338. The summed E-state index contributed by atoms with van der Waals surface area (Å²) in [6, 6.07) is 27.8. The molecular formula is C31H36N2O2S. The predicted molar refractivity (Wildman–Crippen MR) is 148 cm³/mol. The normalized spacial score (nSPS) is 14.7. The summed E-state index contributed by atoms with van der Waals surface area (Å²) in [5, 5.41) is 3.31. The number of hydrogen-bond acceptors (Lipinski definition) is 3. The van der Waals surface area contributed by atoms with Crippen molar-refractivity contribution in [3.8, 4) is 0 Å². The fraction of sp³-hybridized carbons (Fsp3) is 0.355. The van der Waals surface area contributed by atoms with E-state index >= 15 is 0 Å². The molecule has 4 rings (SSSR count). The van der Waals surface area contributed by atoms with Gasteiger partial charge in [0.05, 0.1) is 5.75 Å². The average Bonchev–Trinajstić information content (AvgIpc) is 2.91. The molecule has 1 unspecified atom stereocenters. The van der Waals surface area contributed by atoms with Gasteiger partial charge >= 0.3 is 0 Å². The molecule has 0 aromatic heterocycles. The molecule has 36 heavy (non-hydrogen) atoms.